The van der Waals surface area contributed by atoms with Gasteiger partial charge in [0.25, 0.3) is 0 Å². The highest BCUT2D eigenvalue weighted by atomic mass is 35.5. The molecule has 0 radical (unpaired) electrons. The lowest BCUT2D eigenvalue weighted by molar-refractivity contribution is -0.140. The summed E-state index contributed by atoms with van der Waals surface area (Å²) in [6, 6.07) is 44.5. The third-order valence-electron chi connectivity index (χ3n) is 19.1. The number of benzene rings is 4. The number of rotatable bonds is 14. The number of carbonyl (C=O) groups excluding carboxylic acids is 2. The summed E-state index contributed by atoms with van der Waals surface area (Å²) < 4.78 is 31.6. The molecule has 4 saturated carbocycles. The van der Waals surface area contributed by atoms with Crippen LogP contribution in [0.4, 0.5) is 0 Å². The van der Waals surface area contributed by atoms with Crippen LogP contribution in [0.3, 0.4) is 0 Å². The van der Waals surface area contributed by atoms with E-state index in [-0.39, 0.29) is 17.4 Å². The first kappa shape index (κ1) is 97.4. The van der Waals surface area contributed by atoms with Crippen LogP contribution in [0.15, 0.2) is 158 Å². The van der Waals surface area contributed by atoms with Gasteiger partial charge in [0, 0.05) is 52.0 Å². The summed E-state index contributed by atoms with van der Waals surface area (Å²) in [5.41, 5.74) is 3.82. The molecule has 10 heteroatoms. The monoisotopic (exact) mass is 1410 g/mol. The van der Waals surface area contributed by atoms with Gasteiger partial charge in [-0.3, -0.25) is 0 Å². The molecule has 4 aromatic rings. The van der Waals surface area contributed by atoms with E-state index in [0.29, 0.717) is 54.7 Å². The van der Waals surface area contributed by atoms with Gasteiger partial charge in [-0.2, -0.15) is 0 Å². The second-order valence-corrected chi connectivity index (χ2v) is 30.1. The van der Waals surface area contributed by atoms with Crippen molar-refractivity contribution in [3.63, 3.8) is 0 Å². The van der Waals surface area contributed by atoms with Gasteiger partial charge in [-0.25, -0.2) is 9.59 Å². The number of alkyl halides is 1. The third-order valence-corrected chi connectivity index (χ3v) is 19.6. The van der Waals surface area contributed by atoms with Crippen LogP contribution in [0, 0.1) is 48.9 Å². The summed E-state index contributed by atoms with van der Waals surface area (Å²) in [5, 5.41) is 0. The van der Waals surface area contributed by atoms with Gasteiger partial charge in [-0.05, 0) is 141 Å². The molecule has 0 bridgehead atoms. The van der Waals surface area contributed by atoms with Crippen LogP contribution < -0.4 is 0 Å². The molecule has 0 amide bonds. The second kappa shape index (κ2) is 67.6. The molecule has 4 aromatic carbocycles. The summed E-state index contributed by atoms with van der Waals surface area (Å²) in [6.45, 7) is 32.2. The Balaban J connectivity index is 0. The summed E-state index contributed by atoms with van der Waals surface area (Å²) in [5.74, 6) is 4.67. The predicted octanol–water partition coefficient (Wildman–Crippen LogP) is 25.0. The quantitative estimate of drug-likeness (QED) is 0.0695. The van der Waals surface area contributed by atoms with Gasteiger partial charge in [0.1, 0.15) is 6.61 Å². The minimum absolute atomic E-state index is 0.259. The average Bonchev–Trinajstić information content (AvgIpc) is 1.78. The molecule has 0 aliphatic heterocycles. The Morgan fingerprint density at radius 2 is 0.680 bits per heavy atom. The van der Waals surface area contributed by atoms with Crippen LogP contribution in [0.25, 0.3) is 0 Å². The molecule has 100 heavy (non-hydrogen) atoms. The van der Waals surface area contributed by atoms with Gasteiger partial charge in [0.15, 0.2) is 0 Å². The fourth-order valence-electron chi connectivity index (χ4n) is 11.6. The van der Waals surface area contributed by atoms with Crippen molar-refractivity contribution in [2.24, 2.45) is 35.0 Å². The fourth-order valence-corrected chi connectivity index (χ4v) is 11.9. The molecule has 8 atom stereocenters. The number of esters is 2. The van der Waals surface area contributed by atoms with E-state index in [2.05, 4.69) is 99.7 Å². The topological polar surface area (TPSA) is 92.8 Å². The lowest BCUT2D eigenvalue weighted by Crippen LogP contribution is -2.21. The number of ether oxygens (including phenoxy) is 6. The Hall–Kier alpha value is -4.61. The average molecular weight is 1410 g/mol. The first-order chi connectivity index (χ1) is 47.9. The first-order valence-corrected chi connectivity index (χ1v) is 39.5. The molecule has 572 valence electrons. The normalized spacial score (nSPS) is 21.8. The number of carbonyl (C=O) groups is 2. The van der Waals surface area contributed by atoms with Gasteiger partial charge < -0.3 is 33.3 Å². The lowest BCUT2D eigenvalue weighted by Gasteiger charge is -2.22. The van der Waals surface area contributed by atoms with Gasteiger partial charge >= 0.3 is 11.9 Å². The van der Waals surface area contributed by atoms with Gasteiger partial charge in [0.05, 0.1) is 31.0 Å². The highest BCUT2D eigenvalue weighted by Gasteiger charge is 2.22. The summed E-state index contributed by atoms with van der Waals surface area (Å²) in [7, 11) is 11.1. The standard InChI is InChI=1S/C12H23ClO2.C11H22O2.C11H20O2.2C11H22.C8H15NO2.2C7H8.2C6H6/c1-14-11-5-3-4-6-12(15-2)8-10(7-11)9-13;1-12-10-6-3-4-7-11(13-2)9-5-8-10;1-6-11(4,5)7-8-13-10(12)9(2)3;2*1-10-6-3-4-7-11(2)9-5-8-10;1-7(2)8(10)11-6-5-9(3)4;2*1-7-5-3-2-4-6-7;2*1-2-4-6-5-3-1/h10-12H,3-9H2,1-2H3;10-11H,3-9H2,1-2H3;2,6-8H2,1,3-5H3;2*10-11H,3-9H2,1-2H3;1,5-6H2,2-4H3;2*2-6H,1H3;2*1-6H. The minimum Gasteiger partial charge on any atom is -0.462 e. The van der Waals surface area contributed by atoms with Crippen LogP contribution in [-0.2, 0) is 38.0 Å². The van der Waals surface area contributed by atoms with Crippen molar-refractivity contribution < 1.29 is 38.0 Å². The van der Waals surface area contributed by atoms with Crippen LogP contribution >= 0.6 is 11.6 Å². The fraction of sp³-hybridized carbons (Fsp3) is 0.667. The first-order valence-electron chi connectivity index (χ1n) is 39.0. The predicted molar refractivity (Wildman–Crippen MR) is 433 cm³/mol. The largest absolute Gasteiger partial charge is 0.462 e. The molecule has 0 N–H and O–H groups in total. The van der Waals surface area contributed by atoms with E-state index in [0.717, 1.165) is 61.8 Å². The Morgan fingerprint density at radius 3 is 0.930 bits per heavy atom. The molecular weight excluding hydrogens is 1260 g/mol. The van der Waals surface area contributed by atoms with E-state index >= 15 is 0 Å². The molecule has 0 aromatic heterocycles. The number of likely N-dealkylation sites (N-methyl/N-ethyl adjacent to an activating group) is 1. The summed E-state index contributed by atoms with van der Waals surface area (Å²) >= 11 is 5.99. The van der Waals surface area contributed by atoms with Crippen molar-refractivity contribution in [1.82, 2.24) is 4.90 Å². The van der Waals surface area contributed by atoms with Crippen molar-refractivity contribution in [2.45, 2.75) is 287 Å². The molecule has 0 spiro atoms. The molecule has 4 aliphatic rings. The highest BCUT2D eigenvalue weighted by Crippen LogP contribution is 2.29. The molecule has 8 unspecified atom stereocenters. The maximum atomic E-state index is 11.0. The number of nitrogens with zero attached hydrogens (tertiary/aromatic N) is 1. The molecule has 4 aliphatic carbocycles. The van der Waals surface area contributed by atoms with Gasteiger partial charge in [0.2, 0.25) is 0 Å². The third kappa shape index (κ3) is 64.2. The Morgan fingerprint density at radius 1 is 0.430 bits per heavy atom. The molecule has 9 nitrogen and oxygen atoms in total. The van der Waals surface area contributed by atoms with E-state index in [1.165, 1.54) is 172 Å². The van der Waals surface area contributed by atoms with Crippen LogP contribution in [0.5, 0.6) is 0 Å². The second-order valence-electron chi connectivity index (χ2n) is 29.8. The maximum Gasteiger partial charge on any atom is 0.333 e. The molecular formula is C90H152ClNO8. The number of methoxy groups -OCH3 is 4. The lowest BCUT2D eigenvalue weighted by atomic mass is 9.87. The van der Waals surface area contributed by atoms with E-state index in [1.807, 2.05) is 157 Å². The maximum absolute atomic E-state index is 11.0. The minimum atomic E-state index is -0.313. The Kier molecular flexibility index (Phi) is 65.8. The van der Waals surface area contributed by atoms with E-state index < -0.39 is 0 Å². The number of halogens is 1. The molecule has 0 heterocycles. The summed E-state index contributed by atoms with van der Waals surface area (Å²) in [4.78, 5) is 23.7. The number of aryl methyl sites for hydroxylation is 2. The smallest absolute Gasteiger partial charge is 0.333 e. The zero-order valence-electron chi connectivity index (χ0n) is 67.2. The number of hydrogen-bond donors (Lipinski definition) is 0. The zero-order chi connectivity index (χ0) is 74.9. The molecule has 4 fully saturated rings. The van der Waals surface area contributed by atoms with E-state index in [9.17, 15) is 9.59 Å². The van der Waals surface area contributed by atoms with Gasteiger partial charge in [-0.1, -0.05) is 328 Å². The van der Waals surface area contributed by atoms with Crippen molar-refractivity contribution in [2.75, 3.05) is 68.2 Å². The zero-order valence-corrected chi connectivity index (χ0v) is 68.0. The van der Waals surface area contributed by atoms with Crippen molar-refractivity contribution >= 4 is 23.5 Å². The van der Waals surface area contributed by atoms with E-state index in [1.54, 1.807) is 13.8 Å². The Bertz CT molecular complexity index is 2210. The van der Waals surface area contributed by atoms with Crippen molar-refractivity contribution in [1.29, 1.82) is 0 Å². The SMILES string of the molecule is C=C(C)C(=O)OCCC(C)(C)CC.C=C(C)C(=O)OCCN(C)C.CC1CCCCC(C)CCC1.CC1CCCCC(C)CCC1.COC1CCCCC(OC)CC(CCl)C1.COC1CCCCC(OC)CCC1.Cc1ccccc1.Cc1ccccc1.c1ccccc1.c1ccccc1. The molecule has 8 rings (SSSR count). The highest BCUT2D eigenvalue weighted by molar-refractivity contribution is 6.18. The van der Waals surface area contributed by atoms with Gasteiger partial charge in [-0.15, -0.1) is 11.6 Å². The summed E-state index contributed by atoms with van der Waals surface area (Å²) in [6.07, 6.45) is 40.1. The van der Waals surface area contributed by atoms with E-state index in [4.69, 9.17) is 40.0 Å². The van der Waals surface area contributed by atoms with Crippen molar-refractivity contribution in [3.05, 3.63) is 169 Å². The molecule has 0 saturated heterocycles. The number of hydrogen-bond acceptors (Lipinski definition) is 9. The Labute approximate surface area is 621 Å². The van der Waals surface area contributed by atoms with Crippen LogP contribution in [0.1, 0.15) is 260 Å². The van der Waals surface area contributed by atoms with Crippen LogP contribution in [0.2, 0.25) is 0 Å². The van der Waals surface area contributed by atoms with Crippen molar-refractivity contribution in [3.8, 4) is 0 Å². The van der Waals surface area contributed by atoms with Crippen LogP contribution in [-0.4, -0.2) is 109 Å².